The van der Waals surface area contributed by atoms with Crippen LogP contribution in [0.3, 0.4) is 0 Å². The van der Waals surface area contributed by atoms with E-state index in [4.69, 9.17) is 4.74 Å². The number of piperidine rings is 1. The molecule has 3 N–H and O–H groups in total. The van der Waals surface area contributed by atoms with Gasteiger partial charge in [-0.2, -0.15) is 0 Å². The van der Waals surface area contributed by atoms with Crippen molar-refractivity contribution in [2.75, 3.05) is 26.8 Å². The van der Waals surface area contributed by atoms with Crippen LogP contribution in [-0.2, 0) is 9.53 Å². The molecule has 2 rings (SSSR count). The van der Waals surface area contributed by atoms with Crippen LogP contribution in [0.5, 0.6) is 5.75 Å². The Morgan fingerprint density at radius 3 is 2.78 bits per heavy atom. The van der Waals surface area contributed by atoms with E-state index in [1.54, 1.807) is 13.0 Å². The molecule has 7 heteroatoms. The van der Waals surface area contributed by atoms with E-state index >= 15 is 0 Å². The number of hydrogen-bond acceptors (Lipinski definition) is 5. The fourth-order valence-corrected chi connectivity index (χ4v) is 2.59. The normalized spacial score (nSPS) is 21.1. The van der Waals surface area contributed by atoms with E-state index in [2.05, 4.69) is 5.32 Å². The number of nitrogens with zero attached hydrogens (tertiary/aromatic N) is 1. The standard InChI is InChI=1S/C16H22N2O5/c1-10-7-11(3-4-13(10)19)16(22)17-12-5-6-18(8-14(12)20)15(21)9-23-2/h3-4,7,12,14,19-20H,5-6,8-9H2,1-2H3,(H,17,22)/t12-,14-/m1/s1. The van der Waals surface area contributed by atoms with Crippen LogP contribution in [0.15, 0.2) is 18.2 Å². The Morgan fingerprint density at radius 1 is 1.43 bits per heavy atom. The molecule has 1 fully saturated rings. The first kappa shape index (κ1) is 17.2. The zero-order chi connectivity index (χ0) is 17.0. The number of methoxy groups -OCH3 is 1. The number of β-amino-alcohol motifs (C(OH)–C–C–N with tert-alkyl or cyclic N) is 1. The summed E-state index contributed by atoms with van der Waals surface area (Å²) in [7, 11) is 1.45. The fourth-order valence-electron chi connectivity index (χ4n) is 2.59. The molecule has 0 unspecified atom stereocenters. The smallest absolute Gasteiger partial charge is 0.251 e. The van der Waals surface area contributed by atoms with Crippen molar-refractivity contribution in [2.45, 2.75) is 25.5 Å². The summed E-state index contributed by atoms with van der Waals surface area (Å²) in [5, 5.41) is 22.4. The van der Waals surface area contributed by atoms with Crippen molar-refractivity contribution in [1.29, 1.82) is 0 Å². The third-order valence-electron chi connectivity index (χ3n) is 3.98. The SMILES string of the molecule is COCC(=O)N1CC[C@@H](NC(=O)c2ccc(O)c(C)c2)[C@H](O)C1. The Bertz CT molecular complexity index is 590. The lowest BCUT2D eigenvalue weighted by Gasteiger charge is -2.36. The van der Waals surface area contributed by atoms with Gasteiger partial charge in [0, 0.05) is 25.8 Å². The van der Waals surface area contributed by atoms with Crippen LogP contribution in [-0.4, -0.2) is 65.9 Å². The molecule has 1 saturated heterocycles. The van der Waals surface area contributed by atoms with Gasteiger partial charge in [0.2, 0.25) is 5.91 Å². The molecular weight excluding hydrogens is 300 g/mol. The number of carbonyl (C=O) groups excluding carboxylic acids is 2. The molecule has 2 atom stereocenters. The number of aliphatic hydroxyl groups is 1. The number of hydrogen-bond donors (Lipinski definition) is 3. The number of benzene rings is 1. The minimum absolute atomic E-state index is 0.0173. The number of rotatable bonds is 4. The average Bonchev–Trinajstić information content (AvgIpc) is 2.52. The lowest BCUT2D eigenvalue weighted by Crippen LogP contribution is -2.55. The Balaban J connectivity index is 1.94. The number of phenolic OH excluding ortho intramolecular Hbond substituents is 1. The summed E-state index contributed by atoms with van der Waals surface area (Å²) in [6.45, 7) is 2.32. The highest BCUT2D eigenvalue weighted by atomic mass is 16.5. The van der Waals surface area contributed by atoms with Gasteiger partial charge in [-0.25, -0.2) is 0 Å². The molecule has 7 nitrogen and oxygen atoms in total. The Kier molecular flexibility index (Phi) is 5.57. The molecule has 0 aromatic heterocycles. The quantitative estimate of drug-likeness (QED) is 0.727. The number of aryl methyl sites for hydroxylation is 1. The van der Waals surface area contributed by atoms with E-state index in [0.717, 1.165) is 0 Å². The van der Waals surface area contributed by atoms with E-state index in [9.17, 15) is 19.8 Å². The molecule has 1 aromatic rings. The second kappa shape index (κ2) is 7.43. The predicted molar refractivity (Wildman–Crippen MR) is 83.2 cm³/mol. The van der Waals surface area contributed by atoms with E-state index in [-0.39, 0.29) is 30.7 Å². The minimum atomic E-state index is -0.827. The number of likely N-dealkylation sites (tertiary alicyclic amines) is 1. The summed E-state index contributed by atoms with van der Waals surface area (Å²) in [6, 6.07) is 4.17. The second-order valence-electron chi connectivity index (χ2n) is 5.71. The maximum absolute atomic E-state index is 12.2. The van der Waals surface area contributed by atoms with E-state index in [1.807, 2.05) is 0 Å². The van der Waals surface area contributed by atoms with Gasteiger partial charge in [-0.15, -0.1) is 0 Å². The first-order chi connectivity index (χ1) is 10.9. The third-order valence-corrected chi connectivity index (χ3v) is 3.98. The lowest BCUT2D eigenvalue weighted by atomic mass is 10.0. The van der Waals surface area contributed by atoms with E-state index in [0.29, 0.717) is 24.1 Å². The zero-order valence-electron chi connectivity index (χ0n) is 13.3. The molecule has 0 bridgehead atoms. The molecule has 0 aliphatic carbocycles. The highest BCUT2D eigenvalue weighted by Gasteiger charge is 2.31. The molecular formula is C16H22N2O5. The van der Waals surface area contributed by atoms with Crippen molar-refractivity contribution >= 4 is 11.8 Å². The summed E-state index contributed by atoms with van der Waals surface area (Å²) in [5.41, 5.74) is 1.03. The number of carbonyl (C=O) groups is 2. The van der Waals surface area contributed by atoms with E-state index in [1.165, 1.54) is 24.1 Å². The van der Waals surface area contributed by atoms with Crippen LogP contribution in [0.4, 0.5) is 0 Å². The number of aromatic hydroxyl groups is 1. The molecule has 2 amide bonds. The van der Waals surface area contributed by atoms with Gasteiger partial charge in [0.25, 0.3) is 5.91 Å². The number of ether oxygens (including phenoxy) is 1. The molecule has 1 aliphatic heterocycles. The molecule has 126 valence electrons. The van der Waals surface area contributed by atoms with Crippen molar-refractivity contribution in [3.63, 3.8) is 0 Å². The lowest BCUT2D eigenvalue weighted by molar-refractivity contribution is -0.138. The topological polar surface area (TPSA) is 99.1 Å². The second-order valence-corrected chi connectivity index (χ2v) is 5.71. The average molecular weight is 322 g/mol. The van der Waals surface area contributed by atoms with Crippen molar-refractivity contribution in [3.8, 4) is 5.75 Å². The number of amides is 2. The predicted octanol–water partition coefficient (Wildman–Crippen LogP) is 0.0386. The van der Waals surface area contributed by atoms with Crippen molar-refractivity contribution in [3.05, 3.63) is 29.3 Å². The van der Waals surface area contributed by atoms with Gasteiger partial charge >= 0.3 is 0 Å². The first-order valence-electron chi connectivity index (χ1n) is 7.47. The maximum atomic E-state index is 12.2. The monoisotopic (exact) mass is 322 g/mol. The Morgan fingerprint density at radius 2 is 2.17 bits per heavy atom. The highest BCUT2D eigenvalue weighted by Crippen LogP contribution is 2.18. The zero-order valence-corrected chi connectivity index (χ0v) is 13.3. The summed E-state index contributed by atoms with van der Waals surface area (Å²) < 4.78 is 4.80. The summed E-state index contributed by atoms with van der Waals surface area (Å²) in [4.78, 5) is 25.5. The highest BCUT2D eigenvalue weighted by molar-refractivity contribution is 5.94. The number of nitrogens with one attached hydrogen (secondary N) is 1. The van der Waals surface area contributed by atoms with Crippen molar-refractivity contribution in [2.24, 2.45) is 0 Å². The van der Waals surface area contributed by atoms with Gasteiger partial charge in [-0.05, 0) is 37.1 Å². The first-order valence-corrected chi connectivity index (χ1v) is 7.47. The minimum Gasteiger partial charge on any atom is -0.508 e. The largest absolute Gasteiger partial charge is 0.508 e. The van der Waals surface area contributed by atoms with Gasteiger partial charge in [-0.1, -0.05) is 0 Å². The Hall–Kier alpha value is -2.12. The Labute approximate surface area is 134 Å². The van der Waals surface area contributed by atoms with Crippen LogP contribution in [0.25, 0.3) is 0 Å². The molecule has 1 aliphatic rings. The van der Waals surface area contributed by atoms with Crippen LogP contribution >= 0.6 is 0 Å². The van der Waals surface area contributed by atoms with Gasteiger partial charge in [0.15, 0.2) is 0 Å². The molecule has 1 aromatic carbocycles. The summed E-state index contributed by atoms with van der Waals surface area (Å²) in [5.74, 6) is -0.356. The fraction of sp³-hybridized carbons (Fsp3) is 0.500. The molecule has 0 spiro atoms. The van der Waals surface area contributed by atoms with Crippen LogP contribution < -0.4 is 5.32 Å². The van der Waals surface area contributed by atoms with Crippen molar-refractivity contribution < 1.29 is 24.5 Å². The molecule has 1 heterocycles. The van der Waals surface area contributed by atoms with Gasteiger partial charge in [0.05, 0.1) is 12.1 Å². The van der Waals surface area contributed by atoms with Crippen molar-refractivity contribution in [1.82, 2.24) is 10.2 Å². The summed E-state index contributed by atoms with van der Waals surface area (Å²) >= 11 is 0. The van der Waals surface area contributed by atoms with Gasteiger partial charge in [0.1, 0.15) is 12.4 Å². The number of aliphatic hydroxyl groups excluding tert-OH is 1. The van der Waals surface area contributed by atoms with Gasteiger partial charge < -0.3 is 25.2 Å². The summed E-state index contributed by atoms with van der Waals surface area (Å²) in [6.07, 6.45) is -0.355. The third kappa shape index (κ3) is 4.20. The molecule has 23 heavy (non-hydrogen) atoms. The van der Waals surface area contributed by atoms with Crippen LogP contribution in [0, 0.1) is 6.92 Å². The van der Waals surface area contributed by atoms with Gasteiger partial charge in [-0.3, -0.25) is 9.59 Å². The molecule has 0 saturated carbocycles. The molecule has 0 radical (unpaired) electrons. The van der Waals surface area contributed by atoms with Crippen LogP contribution in [0.2, 0.25) is 0 Å². The maximum Gasteiger partial charge on any atom is 0.251 e. The van der Waals surface area contributed by atoms with E-state index < -0.39 is 12.1 Å². The number of phenols is 1. The van der Waals surface area contributed by atoms with Crippen LogP contribution in [0.1, 0.15) is 22.3 Å².